The zero-order valence-corrected chi connectivity index (χ0v) is 13.5. The van der Waals surface area contributed by atoms with Crippen molar-refractivity contribution in [2.45, 2.75) is 50.7 Å². The average Bonchev–Trinajstić information content (AvgIpc) is 3.08. The molecule has 2 saturated carbocycles. The van der Waals surface area contributed by atoms with Crippen LogP contribution in [0, 0.1) is 24.7 Å². The molecule has 4 nitrogen and oxygen atoms in total. The van der Waals surface area contributed by atoms with Crippen LogP contribution >= 0.6 is 11.8 Å². The number of aromatic nitrogens is 2. The minimum atomic E-state index is 0.0976. The van der Waals surface area contributed by atoms with Gasteiger partial charge in [0.1, 0.15) is 0 Å². The van der Waals surface area contributed by atoms with E-state index in [1.807, 2.05) is 13.0 Å². The Kier molecular flexibility index (Phi) is 4.48. The summed E-state index contributed by atoms with van der Waals surface area (Å²) in [5.41, 5.74) is 0.934. The number of carbonyl (C=O) groups excluding carboxylic acids is 1. The number of carbonyl (C=O) groups is 1. The van der Waals surface area contributed by atoms with E-state index in [1.165, 1.54) is 37.4 Å². The van der Waals surface area contributed by atoms with Gasteiger partial charge >= 0.3 is 0 Å². The molecule has 2 aliphatic rings. The van der Waals surface area contributed by atoms with Crippen molar-refractivity contribution in [3.05, 3.63) is 18.0 Å². The monoisotopic (exact) mass is 305 g/mol. The molecule has 2 fully saturated rings. The Bertz CT molecular complexity index is 522. The number of hydrogen-bond donors (Lipinski definition) is 1. The number of hydrogen-bond acceptors (Lipinski definition) is 4. The van der Waals surface area contributed by atoms with Crippen molar-refractivity contribution in [1.82, 2.24) is 15.3 Å². The van der Waals surface area contributed by atoms with Crippen molar-refractivity contribution in [2.24, 2.45) is 17.8 Å². The highest BCUT2D eigenvalue weighted by Crippen LogP contribution is 2.49. The lowest BCUT2D eigenvalue weighted by Crippen LogP contribution is -2.40. The van der Waals surface area contributed by atoms with Crippen molar-refractivity contribution in [1.29, 1.82) is 0 Å². The number of fused-ring (bicyclic) bond motifs is 2. The van der Waals surface area contributed by atoms with Gasteiger partial charge in [0.2, 0.25) is 5.91 Å². The minimum absolute atomic E-state index is 0.0976. The summed E-state index contributed by atoms with van der Waals surface area (Å²) in [6.07, 6.45) is 7.20. The first kappa shape index (κ1) is 14.8. The predicted octanol–water partition coefficient (Wildman–Crippen LogP) is 2.82. The Morgan fingerprint density at radius 3 is 3.00 bits per heavy atom. The second-order valence-electron chi connectivity index (χ2n) is 6.46. The molecule has 0 radical (unpaired) electrons. The van der Waals surface area contributed by atoms with Gasteiger partial charge in [-0.25, -0.2) is 9.97 Å². The van der Waals surface area contributed by atoms with E-state index in [0.29, 0.717) is 22.9 Å². The van der Waals surface area contributed by atoms with Gasteiger partial charge in [-0.15, -0.1) is 0 Å². The molecule has 1 aromatic heterocycles. The van der Waals surface area contributed by atoms with Crippen molar-refractivity contribution in [3.63, 3.8) is 0 Å². The molecule has 21 heavy (non-hydrogen) atoms. The van der Waals surface area contributed by atoms with E-state index < -0.39 is 0 Å². The maximum absolute atomic E-state index is 12.1. The molecule has 114 valence electrons. The van der Waals surface area contributed by atoms with Crippen LogP contribution < -0.4 is 5.32 Å². The molecule has 3 rings (SSSR count). The lowest BCUT2D eigenvalue weighted by Gasteiger charge is -2.28. The molecule has 2 aliphatic carbocycles. The fourth-order valence-corrected chi connectivity index (χ4v) is 4.62. The van der Waals surface area contributed by atoms with Crippen LogP contribution in [0.25, 0.3) is 0 Å². The molecule has 2 bridgehead atoms. The van der Waals surface area contributed by atoms with Crippen LogP contribution in [0.1, 0.15) is 38.3 Å². The maximum atomic E-state index is 12.1. The third kappa shape index (κ3) is 3.57. The van der Waals surface area contributed by atoms with Crippen molar-refractivity contribution in [3.8, 4) is 0 Å². The first-order chi connectivity index (χ1) is 10.1. The van der Waals surface area contributed by atoms with Gasteiger partial charge in [0.15, 0.2) is 5.16 Å². The summed E-state index contributed by atoms with van der Waals surface area (Å²) in [7, 11) is 0. The van der Waals surface area contributed by atoms with E-state index in [1.54, 1.807) is 6.20 Å². The van der Waals surface area contributed by atoms with Crippen molar-refractivity contribution >= 4 is 17.7 Å². The largest absolute Gasteiger partial charge is 0.353 e. The number of nitrogens with one attached hydrogen (secondary N) is 1. The molecule has 1 amide bonds. The number of amides is 1. The van der Waals surface area contributed by atoms with Gasteiger partial charge in [0.25, 0.3) is 0 Å². The molecule has 0 aliphatic heterocycles. The van der Waals surface area contributed by atoms with Crippen LogP contribution in [0.15, 0.2) is 17.4 Å². The Morgan fingerprint density at radius 1 is 1.48 bits per heavy atom. The second kappa shape index (κ2) is 6.34. The van der Waals surface area contributed by atoms with E-state index >= 15 is 0 Å². The Balaban J connectivity index is 1.46. The van der Waals surface area contributed by atoms with Gasteiger partial charge in [0, 0.05) is 17.9 Å². The van der Waals surface area contributed by atoms with Crippen LogP contribution in [0.3, 0.4) is 0 Å². The smallest absolute Gasteiger partial charge is 0.230 e. The molecular weight excluding hydrogens is 282 g/mol. The summed E-state index contributed by atoms with van der Waals surface area (Å²) < 4.78 is 0. The summed E-state index contributed by atoms with van der Waals surface area (Å²) in [5.74, 6) is 2.95. The van der Waals surface area contributed by atoms with Gasteiger partial charge < -0.3 is 5.32 Å². The zero-order chi connectivity index (χ0) is 14.8. The summed E-state index contributed by atoms with van der Waals surface area (Å²) in [6, 6.07) is 2.16. The van der Waals surface area contributed by atoms with Crippen LogP contribution in [-0.2, 0) is 4.79 Å². The summed E-state index contributed by atoms with van der Waals surface area (Å²) in [6.45, 7) is 4.10. The molecule has 0 spiro atoms. The highest BCUT2D eigenvalue weighted by atomic mass is 32.2. The highest BCUT2D eigenvalue weighted by molar-refractivity contribution is 7.99. The molecule has 5 heteroatoms. The third-order valence-electron chi connectivity index (χ3n) is 4.93. The summed E-state index contributed by atoms with van der Waals surface area (Å²) in [5, 5.41) is 3.85. The number of rotatable bonds is 5. The van der Waals surface area contributed by atoms with Crippen LogP contribution in [0.4, 0.5) is 0 Å². The topological polar surface area (TPSA) is 54.9 Å². The van der Waals surface area contributed by atoms with E-state index in [4.69, 9.17) is 0 Å². The number of thioether (sulfide) groups is 1. The van der Waals surface area contributed by atoms with Gasteiger partial charge in [-0.05, 0) is 56.9 Å². The Hall–Kier alpha value is -1.10. The van der Waals surface area contributed by atoms with E-state index in [-0.39, 0.29) is 5.91 Å². The van der Waals surface area contributed by atoms with Crippen molar-refractivity contribution in [2.75, 3.05) is 5.75 Å². The lowest BCUT2D eigenvalue weighted by molar-refractivity contribution is -0.119. The number of aryl methyl sites for hydroxylation is 1. The fraction of sp³-hybridized carbons (Fsp3) is 0.688. The quantitative estimate of drug-likeness (QED) is 0.671. The van der Waals surface area contributed by atoms with Crippen LogP contribution in [0.5, 0.6) is 0 Å². The summed E-state index contributed by atoms with van der Waals surface area (Å²) in [4.78, 5) is 20.6. The predicted molar refractivity (Wildman–Crippen MR) is 84.0 cm³/mol. The maximum Gasteiger partial charge on any atom is 0.230 e. The Morgan fingerprint density at radius 2 is 2.33 bits per heavy atom. The minimum Gasteiger partial charge on any atom is -0.353 e. The van der Waals surface area contributed by atoms with E-state index in [9.17, 15) is 4.79 Å². The van der Waals surface area contributed by atoms with E-state index in [0.717, 1.165) is 17.5 Å². The van der Waals surface area contributed by atoms with Crippen molar-refractivity contribution < 1.29 is 4.79 Å². The van der Waals surface area contributed by atoms with Gasteiger partial charge in [-0.2, -0.15) is 0 Å². The molecule has 1 heterocycles. The molecular formula is C16H23N3OS. The molecule has 0 aromatic carbocycles. The third-order valence-corrected chi connectivity index (χ3v) is 5.79. The highest BCUT2D eigenvalue weighted by Gasteiger charge is 2.42. The van der Waals surface area contributed by atoms with Gasteiger partial charge in [-0.3, -0.25) is 4.79 Å². The molecule has 1 N–H and O–H groups in total. The normalized spacial score (nSPS) is 28.6. The first-order valence-electron chi connectivity index (χ1n) is 7.83. The zero-order valence-electron chi connectivity index (χ0n) is 12.7. The molecule has 4 atom stereocenters. The molecule has 1 aromatic rings. The fourth-order valence-electron chi connectivity index (χ4n) is 3.93. The molecule has 0 unspecified atom stereocenters. The van der Waals surface area contributed by atoms with E-state index in [2.05, 4.69) is 22.2 Å². The lowest BCUT2D eigenvalue weighted by atomic mass is 9.84. The van der Waals surface area contributed by atoms with Gasteiger partial charge in [0.05, 0.1) is 5.75 Å². The SMILES string of the molecule is Cc1ccnc(SCC(=O)N[C@H](C)[C@H]2C[C@H]3CC[C@H]2C3)n1. The van der Waals surface area contributed by atoms with Crippen LogP contribution in [0.2, 0.25) is 0 Å². The number of nitrogens with zero attached hydrogens (tertiary/aromatic N) is 2. The first-order valence-corrected chi connectivity index (χ1v) is 8.82. The summed E-state index contributed by atoms with van der Waals surface area (Å²) >= 11 is 1.41. The second-order valence-corrected chi connectivity index (χ2v) is 7.41. The molecule has 0 saturated heterocycles. The van der Waals surface area contributed by atoms with Crippen LogP contribution in [-0.4, -0.2) is 27.7 Å². The average molecular weight is 305 g/mol. The standard InChI is InChI=1S/C16H23N3OS/c1-10-5-6-17-16(18-10)21-9-15(20)19-11(2)14-8-12-3-4-13(14)7-12/h5-6,11-14H,3-4,7-9H2,1-2H3,(H,19,20)/t11-,12+,13+,14-/m1/s1. The Labute approximate surface area is 130 Å². The van der Waals surface area contributed by atoms with Gasteiger partial charge in [-0.1, -0.05) is 18.2 Å².